The Kier molecular flexibility index (Phi) is 15.1. The van der Waals surface area contributed by atoms with Gasteiger partial charge < -0.3 is 26.8 Å². The molecular formula is C18H34N4O5S3. The summed E-state index contributed by atoms with van der Waals surface area (Å²) in [6.45, 7) is 3.46. The molecule has 6 N–H and O–H groups in total. The Labute approximate surface area is 192 Å². The molecule has 0 aliphatic carbocycles. The van der Waals surface area contributed by atoms with E-state index in [0.29, 0.717) is 17.9 Å². The van der Waals surface area contributed by atoms with Gasteiger partial charge in [0, 0.05) is 5.75 Å². The van der Waals surface area contributed by atoms with Gasteiger partial charge in [-0.1, -0.05) is 13.8 Å². The first kappa shape index (κ1) is 28.9. The Morgan fingerprint density at radius 3 is 1.90 bits per heavy atom. The number of hydrogen-bond acceptors (Lipinski definition) is 8. The monoisotopic (exact) mass is 482 g/mol. The van der Waals surface area contributed by atoms with Gasteiger partial charge in [-0.3, -0.25) is 14.4 Å². The van der Waals surface area contributed by atoms with E-state index in [4.69, 9.17) is 5.73 Å². The van der Waals surface area contributed by atoms with Gasteiger partial charge in [0.05, 0.1) is 6.04 Å². The lowest BCUT2D eigenvalue weighted by molar-refractivity contribution is -0.142. The fraction of sp³-hybridized carbons (Fsp3) is 0.778. The molecule has 0 aliphatic heterocycles. The maximum atomic E-state index is 12.6. The van der Waals surface area contributed by atoms with E-state index in [0.717, 1.165) is 0 Å². The number of hydrogen-bond donors (Lipinski definition) is 6. The molecule has 0 saturated heterocycles. The molecule has 0 radical (unpaired) electrons. The lowest BCUT2D eigenvalue weighted by atomic mass is 10.0. The van der Waals surface area contributed by atoms with Gasteiger partial charge in [-0.05, 0) is 42.8 Å². The second kappa shape index (κ2) is 15.7. The molecule has 0 aromatic rings. The Morgan fingerprint density at radius 2 is 1.43 bits per heavy atom. The number of thiol groups is 1. The minimum Gasteiger partial charge on any atom is -0.480 e. The third-order valence-electron chi connectivity index (χ3n) is 4.26. The summed E-state index contributed by atoms with van der Waals surface area (Å²) in [6, 6.07) is -3.72. The first-order chi connectivity index (χ1) is 14.1. The van der Waals surface area contributed by atoms with Crippen molar-refractivity contribution < 1.29 is 24.3 Å². The van der Waals surface area contributed by atoms with Crippen LogP contribution >= 0.6 is 36.2 Å². The van der Waals surface area contributed by atoms with Crippen LogP contribution in [0.1, 0.15) is 26.7 Å². The second-order valence-electron chi connectivity index (χ2n) is 7.04. The lowest BCUT2D eigenvalue weighted by Gasteiger charge is -2.26. The second-order valence-corrected chi connectivity index (χ2v) is 9.38. The maximum absolute atomic E-state index is 12.6. The summed E-state index contributed by atoms with van der Waals surface area (Å²) in [5.41, 5.74) is 5.82. The van der Waals surface area contributed by atoms with Crippen molar-refractivity contribution in [3.05, 3.63) is 0 Å². The van der Waals surface area contributed by atoms with Gasteiger partial charge >= 0.3 is 5.97 Å². The van der Waals surface area contributed by atoms with Crippen molar-refractivity contribution in [2.45, 2.75) is 50.9 Å². The number of nitrogens with two attached hydrogens (primary N) is 1. The first-order valence-electron chi connectivity index (χ1n) is 9.57. The van der Waals surface area contributed by atoms with Crippen LogP contribution in [0.2, 0.25) is 0 Å². The van der Waals surface area contributed by atoms with E-state index in [1.54, 1.807) is 25.6 Å². The van der Waals surface area contributed by atoms with E-state index in [9.17, 15) is 24.3 Å². The maximum Gasteiger partial charge on any atom is 0.326 e. The van der Waals surface area contributed by atoms with Crippen LogP contribution in [0.15, 0.2) is 0 Å². The van der Waals surface area contributed by atoms with Gasteiger partial charge in [0.2, 0.25) is 17.7 Å². The predicted octanol–water partition coefficient (Wildman–Crippen LogP) is -0.0553. The standard InChI is InChI=1S/C18H34N4O5S3/c1-10(2)14(17(25)20-12(18(26)27)6-8-30-4)22-16(24)13(9-28)21-15(23)11(19)5-7-29-3/h10-14,28H,5-9,19H2,1-4H3,(H,20,25)(H,21,23)(H,22,24)(H,26,27). The van der Waals surface area contributed by atoms with E-state index in [-0.39, 0.29) is 18.1 Å². The summed E-state index contributed by atoms with van der Waals surface area (Å²) in [5.74, 6) is -1.77. The molecule has 0 aromatic heterocycles. The third kappa shape index (κ3) is 10.8. The fourth-order valence-corrected chi connectivity index (χ4v) is 3.61. The van der Waals surface area contributed by atoms with Crippen LogP contribution in [0.3, 0.4) is 0 Å². The molecule has 0 aromatic carbocycles. The highest BCUT2D eigenvalue weighted by Crippen LogP contribution is 2.07. The van der Waals surface area contributed by atoms with Gasteiger partial charge in [0.15, 0.2) is 0 Å². The Bertz CT molecular complexity index is 580. The molecule has 30 heavy (non-hydrogen) atoms. The highest BCUT2D eigenvalue weighted by molar-refractivity contribution is 7.98. The Hall–Kier alpha value is -1.11. The SMILES string of the molecule is CSCCC(N)C(=O)NC(CS)C(=O)NC(C(=O)NC(CCSC)C(=O)O)C(C)C. The van der Waals surface area contributed by atoms with Crippen molar-refractivity contribution in [3.63, 3.8) is 0 Å². The molecule has 0 heterocycles. The molecule has 12 heteroatoms. The molecule has 4 unspecified atom stereocenters. The minimum atomic E-state index is -1.13. The van der Waals surface area contributed by atoms with E-state index >= 15 is 0 Å². The third-order valence-corrected chi connectivity index (χ3v) is 5.91. The normalized spacial score (nSPS) is 15.0. The lowest BCUT2D eigenvalue weighted by Crippen LogP contribution is -2.59. The number of carboxylic acids is 1. The van der Waals surface area contributed by atoms with Crippen molar-refractivity contribution in [1.29, 1.82) is 0 Å². The topological polar surface area (TPSA) is 151 Å². The summed E-state index contributed by atoms with van der Waals surface area (Å²) in [5, 5.41) is 16.9. The summed E-state index contributed by atoms with van der Waals surface area (Å²) >= 11 is 7.15. The van der Waals surface area contributed by atoms with Crippen LogP contribution in [-0.4, -0.2) is 82.7 Å². The van der Waals surface area contributed by atoms with Crippen molar-refractivity contribution >= 4 is 59.8 Å². The highest BCUT2D eigenvalue weighted by atomic mass is 32.2. The predicted molar refractivity (Wildman–Crippen MR) is 126 cm³/mol. The zero-order chi connectivity index (χ0) is 23.3. The van der Waals surface area contributed by atoms with Crippen molar-refractivity contribution in [3.8, 4) is 0 Å². The number of carbonyl (C=O) groups is 4. The van der Waals surface area contributed by atoms with E-state index in [1.165, 1.54) is 11.8 Å². The van der Waals surface area contributed by atoms with Crippen LogP contribution < -0.4 is 21.7 Å². The average molecular weight is 483 g/mol. The molecule has 3 amide bonds. The molecule has 174 valence electrons. The molecule has 0 rings (SSSR count). The van der Waals surface area contributed by atoms with Crippen molar-refractivity contribution in [2.24, 2.45) is 11.7 Å². The largest absolute Gasteiger partial charge is 0.480 e. The van der Waals surface area contributed by atoms with E-state index in [2.05, 4.69) is 28.6 Å². The molecule has 0 aliphatic rings. The zero-order valence-electron chi connectivity index (χ0n) is 17.8. The summed E-state index contributed by atoms with van der Waals surface area (Å²) in [6.07, 6.45) is 4.49. The van der Waals surface area contributed by atoms with Crippen molar-refractivity contribution in [2.75, 3.05) is 29.8 Å². The number of aliphatic carboxylic acids is 1. The summed E-state index contributed by atoms with van der Waals surface area (Å²) in [7, 11) is 0. The van der Waals surface area contributed by atoms with Crippen LogP contribution in [0.4, 0.5) is 0 Å². The number of thioether (sulfide) groups is 2. The quantitative estimate of drug-likeness (QED) is 0.178. The summed E-state index contributed by atoms with van der Waals surface area (Å²) < 4.78 is 0. The summed E-state index contributed by atoms with van der Waals surface area (Å²) in [4.78, 5) is 48.9. The highest BCUT2D eigenvalue weighted by Gasteiger charge is 2.31. The molecular weight excluding hydrogens is 448 g/mol. The molecule has 4 atom stereocenters. The molecule has 0 saturated carbocycles. The number of rotatable bonds is 15. The van der Waals surface area contributed by atoms with Crippen LogP contribution in [0.25, 0.3) is 0 Å². The Morgan fingerprint density at radius 1 is 0.900 bits per heavy atom. The van der Waals surface area contributed by atoms with Crippen LogP contribution in [-0.2, 0) is 19.2 Å². The number of nitrogens with one attached hydrogen (secondary N) is 3. The number of carbonyl (C=O) groups excluding carboxylic acids is 3. The van der Waals surface area contributed by atoms with Crippen molar-refractivity contribution in [1.82, 2.24) is 16.0 Å². The van der Waals surface area contributed by atoms with Gasteiger partial charge in [-0.2, -0.15) is 36.2 Å². The van der Waals surface area contributed by atoms with Crippen LogP contribution in [0, 0.1) is 5.92 Å². The van der Waals surface area contributed by atoms with Gasteiger partial charge in [-0.25, -0.2) is 4.79 Å². The molecule has 9 nitrogen and oxygen atoms in total. The average Bonchev–Trinajstić information content (AvgIpc) is 2.70. The number of carboxylic acid groups (broad SMARTS) is 1. The van der Waals surface area contributed by atoms with Gasteiger partial charge in [0.1, 0.15) is 18.1 Å². The first-order valence-corrected chi connectivity index (χ1v) is 13.0. The molecule has 0 spiro atoms. The molecule has 0 bridgehead atoms. The smallest absolute Gasteiger partial charge is 0.326 e. The molecule has 0 fully saturated rings. The van der Waals surface area contributed by atoms with E-state index in [1.807, 2.05) is 12.5 Å². The van der Waals surface area contributed by atoms with Crippen LogP contribution in [0.5, 0.6) is 0 Å². The van der Waals surface area contributed by atoms with Gasteiger partial charge in [-0.15, -0.1) is 0 Å². The van der Waals surface area contributed by atoms with E-state index < -0.39 is 47.9 Å². The minimum absolute atomic E-state index is 0.0186. The number of amides is 3. The van der Waals surface area contributed by atoms with Gasteiger partial charge in [0.25, 0.3) is 0 Å². The Balaban J connectivity index is 5.08. The fourth-order valence-electron chi connectivity index (χ4n) is 2.39. The zero-order valence-corrected chi connectivity index (χ0v) is 20.4.